The van der Waals surface area contributed by atoms with Crippen molar-refractivity contribution in [3.05, 3.63) is 60.8 Å². The zero-order valence-electron chi connectivity index (χ0n) is 48.7. The van der Waals surface area contributed by atoms with E-state index in [0.717, 1.165) is 77.0 Å². The molecule has 0 aromatic carbocycles. The smallest absolute Gasteiger partial charge is 0.305 e. The Morgan fingerprint density at radius 3 is 1.41 bits per heavy atom. The van der Waals surface area contributed by atoms with Gasteiger partial charge < -0.3 is 45.1 Å². The van der Waals surface area contributed by atoms with Gasteiger partial charge in [-0.05, 0) is 89.9 Å². The van der Waals surface area contributed by atoms with E-state index < -0.39 is 49.5 Å². The number of aliphatic hydroxyl groups excluding tert-OH is 5. The molecule has 1 saturated heterocycles. The number of rotatable bonds is 54. The fraction of sp³-hybridized carbons (Fsp3) is 0.815. The highest BCUT2D eigenvalue weighted by molar-refractivity contribution is 5.76. The molecule has 0 spiro atoms. The van der Waals surface area contributed by atoms with Crippen molar-refractivity contribution < 1.29 is 49.3 Å². The normalized spacial score (nSPS) is 19.1. The molecule has 0 aliphatic carbocycles. The zero-order chi connectivity index (χ0) is 55.2. The Morgan fingerprint density at radius 2 is 0.895 bits per heavy atom. The zero-order valence-corrected chi connectivity index (χ0v) is 48.7. The monoisotopic (exact) mass is 1070 g/mol. The Bertz CT molecular complexity index is 1450. The maximum atomic E-state index is 13.1. The second kappa shape index (κ2) is 54.3. The number of allylic oxidation sites excluding steroid dienone is 8. The van der Waals surface area contributed by atoms with Crippen molar-refractivity contribution >= 4 is 11.9 Å². The van der Waals surface area contributed by atoms with Gasteiger partial charge in [-0.25, -0.2) is 0 Å². The van der Waals surface area contributed by atoms with Crippen LogP contribution in [-0.2, 0) is 23.8 Å². The van der Waals surface area contributed by atoms with Crippen molar-refractivity contribution in [2.24, 2.45) is 0 Å². The summed E-state index contributed by atoms with van der Waals surface area (Å²) in [6.45, 7) is 4.19. The van der Waals surface area contributed by atoms with Crippen molar-refractivity contribution in [2.75, 3.05) is 19.8 Å². The molecule has 1 fully saturated rings. The molecular formula is C65H117NO10. The van der Waals surface area contributed by atoms with Crippen molar-refractivity contribution in [2.45, 2.75) is 320 Å². The van der Waals surface area contributed by atoms with Gasteiger partial charge in [-0.2, -0.15) is 0 Å². The Labute approximate surface area is 465 Å². The lowest BCUT2D eigenvalue weighted by atomic mass is 9.99. The van der Waals surface area contributed by atoms with E-state index in [2.05, 4.69) is 67.8 Å². The summed E-state index contributed by atoms with van der Waals surface area (Å²) >= 11 is 0. The van der Waals surface area contributed by atoms with Crippen molar-refractivity contribution in [3.63, 3.8) is 0 Å². The van der Waals surface area contributed by atoms with Gasteiger partial charge in [0.15, 0.2) is 6.29 Å². The van der Waals surface area contributed by atoms with Crippen LogP contribution in [-0.4, -0.2) is 100 Å². The Balaban J connectivity index is 2.11. The fourth-order valence-electron chi connectivity index (χ4n) is 9.58. The van der Waals surface area contributed by atoms with E-state index in [4.69, 9.17) is 14.2 Å². The maximum absolute atomic E-state index is 13.1. The second-order valence-electron chi connectivity index (χ2n) is 21.7. The van der Waals surface area contributed by atoms with Gasteiger partial charge >= 0.3 is 5.97 Å². The third kappa shape index (κ3) is 43.3. The van der Waals surface area contributed by atoms with Crippen LogP contribution in [0.25, 0.3) is 0 Å². The fourth-order valence-corrected chi connectivity index (χ4v) is 9.58. The average molecular weight is 1070 g/mol. The molecular weight excluding hydrogens is 955 g/mol. The molecule has 1 rings (SSSR count). The molecule has 7 atom stereocenters. The summed E-state index contributed by atoms with van der Waals surface area (Å²) in [6.07, 6.45) is 60.4. The molecule has 0 bridgehead atoms. The van der Waals surface area contributed by atoms with E-state index in [9.17, 15) is 35.1 Å². The molecule has 0 aromatic rings. The second-order valence-corrected chi connectivity index (χ2v) is 21.7. The summed E-state index contributed by atoms with van der Waals surface area (Å²) in [6, 6.07) is -0.833. The number of esters is 1. The quantitative estimate of drug-likeness (QED) is 0.0195. The van der Waals surface area contributed by atoms with Crippen LogP contribution in [0, 0.1) is 0 Å². The van der Waals surface area contributed by atoms with E-state index >= 15 is 0 Å². The highest BCUT2D eigenvalue weighted by Gasteiger charge is 2.44. The van der Waals surface area contributed by atoms with Crippen LogP contribution in [0.3, 0.4) is 0 Å². The summed E-state index contributed by atoms with van der Waals surface area (Å²) in [5, 5.41) is 54.5. The molecule has 1 aliphatic rings. The summed E-state index contributed by atoms with van der Waals surface area (Å²) in [5.74, 6) is -0.256. The maximum Gasteiger partial charge on any atom is 0.305 e. The van der Waals surface area contributed by atoms with E-state index in [0.29, 0.717) is 19.4 Å². The first kappa shape index (κ1) is 71.4. The van der Waals surface area contributed by atoms with Crippen LogP contribution < -0.4 is 5.32 Å². The summed E-state index contributed by atoms with van der Waals surface area (Å²) in [4.78, 5) is 25.1. The molecule has 11 nitrogen and oxygen atoms in total. The molecule has 0 saturated carbocycles. The molecule has 1 aliphatic heterocycles. The van der Waals surface area contributed by atoms with E-state index in [1.165, 1.54) is 173 Å². The number of unbranched alkanes of at least 4 members (excludes halogenated alkanes) is 32. The lowest BCUT2D eigenvalue weighted by Gasteiger charge is -2.40. The molecule has 76 heavy (non-hydrogen) atoms. The van der Waals surface area contributed by atoms with Gasteiger partial charge in [0.1, 0.15) is 24.4 Å². The summed E-state index contributed by atoms with van der Waals surface area (Å²) < 4.78 is 16.6. The van der Waals surface area contributed by atoms with E-state index in [1.54, 1.807) is 6.08 Å². The van der Waals surface area contributed by atoms with Gasteiger partial charge in [0.05, 0.1) is 32.0 Å². The number of nitrogens with one attached hydrogen (secondary N) is 1. The minimum atomic E-state index is -1.58. The van der Waals surface area contributed by atoms with E-state index in [-0.39, 0.29) is 18.5 Å². The number of amides is 1. The van der Waals surface area contributed by atoms with Gasteiger partial charge in [-0.15, -0.1) is 0 Å². The standard InChI is InChI=1S/C65H117NO10/c1-3-5-7-9-11-13-15-17-25-28-31-35-39-43-47-51-58(68)57(56-75-65-64(73)63(72)62(71)59(55-67)76-65)66-60(69)52-48-44-40-36-32-29-26-23-21-19-18-20-22-24-27-30-34-38-42-46-50-54-74-61(70)53-49-45-41-37-33-16-14-12-10-8-6-4-2/h12,14,30-31,34-35,42,46-47,51,57-59,62-65,67-68,71-73H,3-11,13,15-29,32-33,36-41,43-45,48-50,52-56H2,1-2H3,(H,66,69)/b14-12-,34-30-,35-31+,46-42-,51-47+. The predicted octanol–water partition coefficient (Wildman–Crippen LogP) is 15.0. The molecule has 6 N–H and O–H groups in total. The van der Waals surface area contributed by atoms with Crippen molar-refractivity contribution in [1.29, 1.82) is 0 Å². The minimum absolute atomic E-state index is 0.0595. The lowest BCUT2D eigenvalue weighted by Crippen LogP contribution is -2.60. The molecule has 1 heterocycles. The number of hydrogen-bond acceptors (Lipinski definition) is 10. The third-order valence-corrected chi connectivity index (χ3v) is 14.6. The largest absolute Gasteiger partial charge is 0.465 e. The number of ether oxygens (including phenoxy) is 3. The van der Waals surface area contributed by atoms with Gasteiger partial charge in [-0.1, -0.05) is 235 Å². The Hall–Kier alpha value is -2.64. The lowest BCUT2D eigenvalue weighted by molar-refractivity contribution is -0.302. The molecule has 442 valence electrons. The first-order chi connectivity index (χ1) is 37.2. The van der Waals surface area contributed by atoms with Crippen molar-refractivity contribution in [1.82, 2.24) is 5.32 Å². The summed E-state index contributed by atoms with van der Waals surface area (Å²) in [7, 11) is 0. The highest BCUT2D eigenvalue weighted by atomic mass is 16.7. The van der Waals surface area contributed by atoms with E-state index in [1.807, 2.05) is 6.08 Å². The number of hydrogen-bond donors (Lipinski definition) is 6. The van der Waals surface area contributed by atoms with Gasteiger partial charge in [0.25, 0.3) is 0 Å². The average Bonchev–Trinajstić information content (AvgIpc) is 3.42. The third-order valence-electron chi connectivity index (χ3n) is 14.6. The minimum Gasteiger partial charge on any atom is -0.465 e. The van der Waals surface area contributed by atoms with Crippen LogP contribution in [0.15, 0.2) is 60.8 Å². The molecule has 7 unspecified atom stereocenters. The van der Waals surface area contributed by atoms with Crippen LogP contribution >= 0.6 is 0 Å². The topological polar surface area (TPSA) is 175 Å². The number of aliphatic hydroxyl groups is 5. The molecule has 1 amide bonds. The first-order valence-electron chi connectivity index (χ1n) is 31.6. The van der Waals surface area contributed by atoms with Crippen LogP contribution in [0.5, 0.6) is 0 Å². The van der Waals surface area contributed by atoms with Gasteiger partial charge in [-0.3, -0.25) is 9.59 Å². The molecule has 0 aromatic heterocycles. The number of carbonyl (C=O) groups excluding carboxylic acids is 2. The van der Waals surface area contributed by atoms with Gasteiger partial charge in [0, 0.05) is 12.8 Å². The highest BCUT2D eigenvalue weighted by Crippen LogP contribution is 2.23. The van der Waals surface area contributed by atoms with Crippen molar-refractivity contribution in [3.8, 4) is 0 Å². The van der Waals surface area contributed by atoms with Crippen LogP contribution in [0.4, 0.5) is 0 Å². The van der Waals surface area contributed by atoms with Crippen LogP contribution in [0.1, 0.15) is 277 Å². The first-order valence-corrected chi connectivity index (χ1v) is 31.6. The predicted molar refractivity (Wildman–Crippen MR) is 315 cm³/mol. The molecule has 0 radical (unpaired) electrons. The SMILES string of the molecule is CCCCC/C=C\CCCCCCCC(=O)OCC/C=C\C/C=C\CCCCCCCCCCCCCCCCC(=O)NC(COC1OC(CO)C(O)C(O)C1O)C(O)/C=C/CC/C=C/CCCCCCCCCCC. The summed E-state index contributed by atoms with van der Waals surface area (Å²) in [5.41, 5.74) is 0. The van der Waals surface area contributed by atoms with Crippen LogP contribution in [0.2, 0.25) is 0 Å². The Kier molecular flexibility index (Phi) is 51.0. The molecule has 11 heteroatoms. The van der Waals surface area contributed by atoms with Gasteiger partial charge in [0.2, 0.25) is 5.91 Å². The Morgan fingerprint density at radius 1 is 0.487 bits per heavy atom. The number of carbonyl (C=O) groups is 2.